The number of thioether (sulfide) groups is 1. The number of carbonyl (C=O) groups excluding carboxylic acids is 2. The van der Waals surface area contributed by atoms with Crippen molar-refractivity contribution in [3.63, 3.8) is 0 Å². The van der Waals surface area contributed by atoms with Crippen molar-refractivity contribution >= 4 is 39.9 Å². The predicted octanol–water partition coefficient (Wildman–Crippen LogP) is 2.67. The number of aromatic amines is 1. The zero-order valence-corrected chi connectivity index (χ0v) is 17.1. The van der Waals surface area contributed by atoms with Gasteiger partial charge in [-0.1, -0.05) is 23.1 Å². The number of ether oxygens (including phenoxy) is 1. The van der Waals surface area contributed by atoms with Crippen LogP contribution in [0.4, 0.5) is 5.13 Å². The Morgan fingerprint density at radius 1 is 1.32 bits per heavy atom. The second-order valence-corrected chi connectivity index (χ2v) is 9.10. The van der Waals surface area contributed by atoms with Gasteiger partial charge in [-0.15, -0.1) is 10.2 Å². The number of rotatable bonds is 8. The fourth-order valence-corrected chi connectivity index (χ4v) is 4.98. The lowest BCUT2D eigenvalue weighted by Gasteiger charge is -2.13. The van der Waals surface area contributed by atoms with Crippen molar-refractivity contribution in [1.29, 1.82) is 0 Å². The number of amides is 1. The summed E-state index contributed by atoms with van der Waals surface area (Å²) in [6, 6.07) is 1.65. The Balaban J connectivity index is 1.25. The molecule has 1 amide bonds. The fraction of sp³-hybridized carbons (Fsp3) is 0.556. The molecule has 150 valence electrons. The molecule has 0 aliphatic carbocycles. The molecule has 2 aliphatic heterocycles. The molecule has 1 atom stereocenters. The van der Waals surface area contributed by atoms with Crippen LogP contribution in [-0.4, -0.2) is 69.9 Å². The molecule has 0 aromatic carbocycles. The first-order chi connectivity index (χ1) is 13.7. The van der Waals surface area contributed by atoms with Crippen molar-refractivity contribution in [2.24, 2.45) is 0 Å². The molecule has 28 heavy (non-hydrogen) atoms. The third-order valence-electron chi connectivity index (χ3n) is 4.87. The van der Waals surface area contributed by atoms with E-state index in [0.29, 0.717) is 11.3 Å². The standard InChI is InChI=1S/C18H23N5O3S2/c24-15(12-8-14(19-9-12)16(25)23-5-1-2-6-23)11-27-18-22-21-17(28-18)20-10-13-4-3-7-26-13/h8-9,13,19H,1-7,10-11H2,(H,20,21)/t13-/m1/s1. The lowest BCUT2D eigenvalue weighted by atomic mass is 10.2. The van der Waals surface area contributed by atoms with Crippen LogP contribution in [0.5, 0.6) is 0 Å². The maximum absolute atomic E-state index is 12.4. The average Bonchev–Trinajstić information content (AvgIpc) is 3.50. The number of hydrogen-bond donors (Lipinski definition) is 2. The van der Waals surface area contributed by atoms with Gasteiger partial charge in [0.2, 0.25) is 5.13 Å². The van der Waals surface area contributed by atoms with Gasteiger partial charge in [0, 0.05) is 38.0 Å². The van der Waals surface area contributed by atoms with Crippen molar-refractivity contribution in [2.75, 3.05) is 37.3 Å². The molecule has 2 aliphatic rings. The maximum atomic E-state index is 12.4. The summed E-state index contributed by atoms with van der Waals surface area (Å²) in [5, 5.41) is 12.2. The minimum absolute atomic E-state index is 0.0321. The van der Waals surface area contributed by atoms with Gasteiger partial charge in [0.25, 0.3) is 5.91 Å². The van der Waals surface area contributed by atoms with Crippen LogP contribution in [0, 0.1) is 0 Å². The molecule has 4 rings (SSSR count). The smallest absolute Gasteiger partial charge is 0.270 e. The number of H-pyrrole nitrogens is 1. The number of nitrogens with one attached hydrogen (secondary N) is 2. The monoisotopic (exact) mass is 421 g/mol. The molecule has 0 spiro atoms. The van der Waals surface area contributed by atoms with Gasteiger partial charge in [0.15, 0.2) is 10.1 Å². The van der Waals surface area contributed by atoms with Crippen molar-refractivity contribution in [2.45, 2.75) is 36.1 Å². The number of ketones is 1. The van der Waals surface area contributed by atoms with E-state index in [4.69, 9.17) is 4.74 Å². The SMILES string of the molecule is O=C(CSc1nnc(NC[C@H]2CCCO2)s1)c1c[nH]c(C(=O)N2CCCC2)c1. The molecule has 0 unspecified atom stereocenters. The molecule has 2 aromatic rings. The summed E-state index contributed by atoms with van der Waals surface area (Å²) in [7, 11) is 0. The Labute approximate surface area is 171 Å². The van der Waals surface area contributed by atoms with Crippen LogP contribution in [0.1, 0.15) is 46.5 Å². The molecule has 4 heterocycles. The second kappa shape index (κ2) is 9.06. The normalized spacial score (nSPS) is 19.3. The number of anilines is 1. The third-order valence-corrected chi connectivity index (χ3v) is 6.88. The summed E-state index contributed by atoms with van der Waals surface area (Å²) in [6.07, 6.45) is 6.12. The van der Waals surface area contributed by atoms with E-state index in [9.17, 15) is 9.59 Å². The Bertz CT molecular complexity index is 825. The van der Waals surface area contributed by atoms with Crippen LogP contribution in [0.15, 0.2) is 16.6 Å². The van der Waals surface area contributed by atoms with Gasteiger partial charge in [0.1, 0.15) is 5.69 Å². The summed E-state index contributed by atoms with van der Waals surface area (Å²) >= 11 is 2.79. The van der Waals surface area contributed by atoms with Crippen LogP contribution in [0.25, 0.3) is 0 Å². The molecule has 10 heteroatoms. The topological polar surface area (TPSA) is 100 Å². The Morgan fingerprint density at radius 3 is 2.96 bits per heavy atom. The maximum Gasteiger partial charge on any atom is 0.270 e. The zero-order chi connectivity index (χ0) is 19.3. The largest absolute Gasteiger partial charge is 0.376 e. The van der Waals surface area contributed by atoms with E-state index < -0.39 is 0 Å². The number of hydrogen-bond acceptors (Lipinski definition) is 8. The Hall–Kier alpha value is -1.91. The molecule has 0 radical (unpaired) electrons. The Kier molecular flexibility index (Phi) is 6.28. The summed E-state index contributed by atoms with van der Waals surface area (Å²) in [5.74, 6) is 0.191. The molecular weight excluding hydrogens is 398 g/mol. The van der Waals surface area contributed by atoms with Gasteiger partial charge in [0.05, 0.1) is 11.9 Å². The van der Waals surface area contributed by atoms with Gasteiger partial charge in [-0.2, -0.15) is 0 Å². The van der Waals surface area contributed by atoms with E-state index in [1.54, 1.807) is 12.3 Å². The van der Waals surface area contributed by atoms with Crippen molar-refractivity contribution in [3.8, 4) is 0 Å². The number of carbonyl (C=O) groups is 2. The highest BCUT2D eigenvalue weighted by Crippen LogP contribution is 2.26. The first-order valence-electron chi connectivity index (χ1n) is 9.52. The van der Waals surface area contributed by atoms with Crippen LogP contribution in [-0.2, 0) is 4.74 Å². The molecule has 2 saturated heterocycles. The van der Waals surface area contributed by atoms with Crippen molar-refractivity contribution in [1.82, 2.24) is 20.1 Å². The van der Waals surface area contributed by atoms with E-state index >= 15 is 0 Å². The molecule has 8 nitrogen and oxygen atoms in total. The molecule has 0 saturated carbocycles. The lowest BCUT2D eigenvalue weighted by molar-refractivity contribution is 0.0787. The zero-order valence-electron chi connectivity index (χ0n) is 15.5. The van der Waals surface area contributed by atoms with Gasteiger partial charge < -0.3 is 19.9 Å². The van der Waals surface area contributed by atoms with Crippen LogP contribution in [0.3, 0.4) is 0 Å². The third kappa shape index (κ3) is 4.73. The number of nitrogens with zero attached hydrogens (tertiary/aromatic N) is 3. The van der Waals surface area contributed by atoms with E-state index in [-0.39, 0.29) is 23.5 Å². The highest BCUT2D eigenvalue weighted by Gasteiger charge is 2.22. The quantitative estimate of drug-likeness (QED) is 0.499. The van der Waals surface area contributed by atoms with Gasteiger partial charge in [-0.05, 0) is 31.7 Å². The Morgan fingerprint density at radius 2 is 2.18 bits per heavy atom. The van der Waals surface area contributed by atoms with E-state index in [0.717, 1.165) is 61.4 Å². The van der Waals surface area contributed by atoms with Gasteiger partial charge in [-0.3, -0.25) is 9.59 Å². The molecule has 2 N–H and O–H groups in total. The first-order valence-corrected chi connectivity index (χ1v) is 11.3. The van der Waals surface area contributed by atoms with Crippen LogP contribution < -0.4 is 5.32 Å². The van der Waals surface area contributed by atoms with E-state index in [1.807, 2.05) is 4.90 Å². The highest BCUT2D eigenvalue weighted by atomic mass is 32.2. The predicted molar refractivity (Wildman–Crippen MR) is 108 cm³/mol. The molecule has 2 aromatic heterocycles. The van der Waals surface area contributed by atoms with Crippen molar-refractivity contribution in [3.05, 3.63) is 23.5 Å². The molecule has 0 bridgehead atoms. The van der Waals surface area contributed by atoms with E-state index in [1.165, 1.54) is 23.1 Å². The van der Waals surface area contributed by atoms with Crippen LogP contribution in [0.2, 0.25) is 0 Å². The van der Waals surface area contributed by atoms with Gasteiger partial charge >= 0.3 is 0 Å². The summed E-state index contributed by atoms with van der Waals surface area (Å²) in [5.41, 5.74) is 1.00. The van der Waals surface area contributed by atoms with Gasteiger partial charge in [-0.25, -0.2) is 0 Å². The average molecular weight is 422 g/mol. The number of Topliss-reactive ketones (excluding diaryl/α,β-unsaturated/α-hetero) is 1. The second-order valence-electron chi connectivity index (χ2n) is 6.90. The van der Waals surface area contributed by atoms with Crippen molar-refractivity contribution < 1.29 is 14.3 Å². The summed E-state index contributed by atoms with van der Waals surface area (Å²) in [6.45, 7) is 3.14. The van der Waals surface area contributed by atoms with E-state index in [2.05, 4.69) is 20.5 Å². The minimum Gasteiger partial charge on any atom is -0.376 e. The molecular formula is C18H23N5O3S2. The fourth-order valence-electron chi connectivity index (χ4n) is 3.33. The number of aromatic nitrogens is 3. The number of likely N-dealkylation sites (tertiary alicyclic amines) is 1. The molecule has 2 fully saturated rings. The minimum atomic E-state index is -0.0363. The lowest BCUT2D eigenvalue weighted by Crippen LogP contribution is -2.27. The summed E-state index contributed by atoms with van der Waals surface area (Å²) in [4.78, 5) is 29.6. The summed E-state index contributed by atoms with van der Waals surface area (Å²) < 4.78 is 6.32. The highest BCUT2D eigenvalue weighted by molar-refractivity contribution is 8.01. The first kappa shape index (κ1) is 19.4. The van der Waals surface area contributed by atoms with Crippen LogP contribution >= 0.6 is 23.1 Å².